The van der Waals surface area contributed by atoms with Crippen molar-refractivity contribution in [2.24, 2.45) is 5.92 Å². The van der Waals surface area contributed by atoms with Crippen LogP contribution in [0.4, 0.5) is 0 Å². The molecule has 7 nitrogen and oxygen atoms in total. The van der Waals surface area contributed by atoms with Crippen LogP contribution in [0.1, 0.15) is 34.3 Å². The first-order valence-corrected chi connectivity index (χ1v) is 9.55. The zero-order valence-corrected chi connectivity index (χ0v) is 17.2. The first-order chi connectivity index (χ1) is 14.4. The van der Waals surface area contributed by atoms with Gasteiger partial charge in [-0.15, -0.1) is 0 Å². The van der Waals surface area contributed by atoms with E-state index in [4.69, 9.17) is 23.7 Å². The number of hydrogen-bond acceptors (Lipinski definition) is 7. The molecule has 156 valence electrons. The second-order valence-electron chi connectivity index (χ2n) is 7.21. The molecule has 0 bridgehead atoms. The number of methoxy groups -OCH3 is 3. The van der Waals surface area contributed by atoms with Gasteiger partial charge in [-0.3, -0.25) is 9.59 Å². The monoisotopic (exact) mass is 410 g/mol. The summed E-state index contributed by atoms with van der Waals surface area (Å²) >= 11 is 0. The number of ether oxygens (including phenoxy) is 5. The Bertz CT molecular complexity index is 1040. The van der Waals surface area contributed by atoms with Crippen LogP contribution >= 0.6 is 0 Å². The molecule has 0 N–H and O–H groups in total. The molecule has 2 aromatic carbocycles. The van der Waals surface area contributed by atoms with E-state index in [9.17, 15) is 9.59 Å². The highest BCUT2D eigenvalue weighted by atomic mass is 16.5. The molecule has 2 aliphatic rings. The average molecular weight is 410 g/mol. The Morgan fingerprint density at radius 2 is 1.70 bits per heavy atom. The summed E-state index contributed by atoms with van der Waals surface area (Å²) < 4.78 is 27.3. The Morgan fingerprint density at radius 1 is 1.03 bits per heavy atom. The standard InChI is InChI=1S/C23H22O7/c1-12-7-15(29-23(25)14-5-6-14)11-16-20(12)21(24)17(30-16)8-13-9-18(26-2)22(28-4)19(10-13)27-3/h7-11,14H,5-6H2,1-4H3/b17-8-. The van der Waals surface area contributed by atoms with E-state index < -0.39 is 0 Å². The molecule has 0 amide bonds. The van der Waals surface area contributed by atoms with E-state index in [1.54, 1.807) is 37.3 Å². The summed E-state index contributed by atoms with van der Waals surface area (Å²) in [5, 5.41) is 0. The smallest absolute Gasteiger partial charge is 0.314 e. The minimum Gasteiger partial charge on any atom is -0.493 e. The maximum atomic E-state index is 12.9. The van der Waals surface area contributed by atoms with Crippen molar-refractivity contribution in [2.75, 3.05) is 21.3 Å². The van der Waals surface area contributed by atoms with E-state index >= 15 is 0 Å². The molecule has 1 aliphatic heterocycles. The van der Waals surface area contributed by atoms with Crippen molar-refractivity contribution in [3.8, 4) is 28.7 Å². The van der Waals surface area contributed by atoms with Crippen molar-refractivity contribution in [3.05, 3.63) is 46.7 Å². The van der Waals surface area contributed by atoms with Gasteiger partial charge in [0.15, 0.2) is 17.3 Å². The second kappa shape index (κ2) is 7.74. The average Bonchev–Trinajstić information content (AvgIpc) is 3.53. The summed E-state index contributed by atoms with van der Waals surface area (Å²) in [6.45, 7) is 1.79. The van der Waals surface area contributed by atoms with E-state index in [2.05, 4.69) is 0 Å². The molecule has 4 rings (SSSR count). The van der Waals surface area contributed by atoms with Crippen LogP contribution in [-0.2, 0) is 4.79 Å². The minimum absolute atomic E-state index is 0.0170. The van der Waals surface area contributed by atoms with Crippen molar-refractivity contribution in [3.63, 3.8) is 0 Å². The first kappa shape index (κ1) is 19.8. The number of esters is 1. The lowest BCUT2D eigenvalue weighted by Crippen LogP contribution is -2.10. The van der Waals surface area contributed by atoms with Crippen LogP contribution in [0.5, 0.6) is 28.7 Å². The van der Waals surface area contributed by atoms with Gasteiger partial charge in [0, 0.05) is 6.07 Å². The van der Waals surface area contributed by atoms with Gasteiger partial charge in [-0.25, -0.2) is 0 Å². The highest BCUT2D eigenvalue weighted by Gasteiger charge is 2.33. The fourth-order valence-corrected chi connectivity index (χ4v) is 3.39. The van der Waals surface area contributed by atoms with Gasteiger partial charge in [-0.2, -0.15) is 0 Å². The van der Waals surface area contributed by atoms with Crippen LogP contribution in [0.3, 0.4) is 0 Å². The Hall–Kier alpha value is -3.48. The zero-order valence-electron chi connectivity index (χ0n) is 17.2. The summed E-state index contributed by atoms with van der Waals surface area (Å²) in [4.78, 5) is 24.9. The number of ketones is 1. The molecule has 0 atom stereocenters. The highest BCUT2D eigenvalue weighted by molar-refractivity contribution is 6.15. The normalized spacial score (nSPS) is 16.1. The lowest BCUT2D eigenvalue weighted by molar-refractivity contribution is -0.135. The third-order valence-electron chi connectivity index (χ3n) is 5.06. The van der Waals surface area contributed by atoms with E-state index in [1.807, 2.05) is 0 Å². The number of Topliss-reactive ketones (excluding diaryl/α,β-unsaturated/α-hetero) is 1. The fourth-order valence-electron chi connectivity index (χ4n) is 3.39. The quantitative estimate of drug-likeness (QED) is 0.405. The van der Waals surface area contributed by atoms with Crippen LogP contribution in [-0.4, -0.2) is 33.1 Å². The van der Waals surface area contributed by atoms with Crippen molar-refractivity contribution >= 4 is 17.8 Å². The summed E-state index contributed by atoms with van der Waals surface area (Å²) in [7, 11) is 4.57. The van der Waals surface area contributed by atoms with E-state index in [0.717, 1.165) is 12.8 Å². The predicted octanol–water partition coefficient (Wildman–Crippen LogP) is 3.95. The maximum Gasteiger partial charge on any atom is 0.314 e. The molecule has 1 aliphatic carbocycles. The highest BCUT2D eigenvalue weighted by Crippen LogP contribution is 2.41. The Morgan fingerprint density at radius 3 is 2.27 bits per heavy atom. The Labute approximate surface area is 174 Å². The molecule has 0 aromatic heterocycles. The van der Waals surface area contributed by atoms with Gasteiger partial charge in [0.05, 0.1) is 32.8 Å². The number of fused-ring (bicyclic) bond motifs is 1. The number of allylic oxidation sites excluding steroid dienone is 1. The van der Waals surface area contributed by atoms with Gasteiger partial charge in [0.25, 0.3) is 0 Å². The summed E-state index contributed by atoms with van der Waals surface area (Å²) in [5.41, 5.74) is 1.79. The summed E-state index contributed by atoms with van der Waals surface area (Å²) in [6, 6.07) is 6.71. The lowest BCUT2D eigenvalue weighted by Gasteiger charge is -2.13. The first-order valence-electron chi connectivity index (χ1n) is 9.55. The van der Waals surface area contributed by atoms with Gasteiger partial charge in [0.2, 0.25) is 11.5 Å². The SMILES string of the molecule is COc1cc(/C=C2\Oc3cc(OC(=O)C4CC4)cc(C)c3C2=O)cc(OC)c1OC. The molecular weight excluding hydrogens is 388 g/mol. The van der Waals surface area contributed by atoms with Crippen molar-refractivity contribution in [2.45, 2.75) is 19.8 Å². The lowest BCUT2D eigenvalue weighted by atomic mass is 10.0. The van der Waals surface area contributed by atoms with Gasteiger partial charge in [-0.05, 0) is 55.2 Å². The molecule has 1 saturated carbocycles. The second-order valence-corrected chi connectivity index (χ2v) is 7.21. The van der Waals surface area contributed by atoms with Crippen LogP contribution in [0.15, 0.2) is 30.0 Å². The fraction of sp³-hybridized carbons (Fsp3) is 0.304. The maximum absolute atomic E-state index is 12.9. The molecule has 2 aromatic rings. The van der Waals surface area contributed by atoms with E-state index in [0.29, 0.717) is 45.4 Å². The molecule has 7 heteroatoms. The summed E-state index contributed by atoms with van der Waals surface area (Å²) in [6.07, 6.45) is 3.33. The van der Waals surface area contributed by atoms with Gasteiger partial charge < -0.3 is 23.7 Å². The van der Waals surface area contributed by atoms with E-state index in [-0.39, 0.29) is 23.4 Å². The molecule has 0 saturated heterocycles. The Kier molecular flexibility index (Phi) is 5.11. The number of hydrogen-bond donors (Lipinski definition) is 0. The van der Waals surface area contributed by atoms with Crippen molar-refractivity contribution in [1.29, 1.82) is 0 Å². The van der Waals surface area contributed by atoms with Crippen molar-refractivity contribution < 1.29 is 33.3 Å². The number of carbonyl (C=O) groups is 2. The zero-order chi connectivity index (χ0) is 21.4. The van der Waals surface area contributed by atoms with Crippen molar-refractivity contribution in [1.82, 2.24) is 0 Å². The largest absolute Gasteiger partial charge is 0.493 e. The minimum atomic E-state index is -0.244. The van der Waals surface area contributed by atoms with Gasteiger partial charge >= 0.3 is 5.97 Å². The van der Waals surface area contributed by atoms with Crippen LogP contribution < -0.4 is 23.7 Å². The van der Waals surface area contributed by atoms with E-state index in [1.165, 1.54) is 21.3 Å². The van der Waals surface area contributed by atoms with Crippen LogP contribution in [0.25, 0.3) is 6.08 Å². The van der Waals surface area contributed by atoms with Gasteiger partial charge in [-0.1, -0.05) is 0 Å². The molecule has 1 fully saturated rings. The number of rotatable bonds is 6. The molecule has 0 spiro atoms. The predicted molar refractivity (Wildman–Crippen MR) is 109 cm³/mol. The Balaban J connectivity index is 1.66. The molecule has 1 heterocycles. The van der Waals surface area contributed by atoms with Crippen LogP contribution in [0, 0.1) is 12.8 Å². The molecule has 0 radical (unpaired) electrons. The third-order valence-corrected chi connectivity index (χ3v) is 5.06. The summed E-state index contributed by atoms with van der Waals surface area (Å²) in [5.74, 6) is 1.81. The molecular formula is C23H22O7. The van der Waals surface area contributed by atoms with Gasteiger partial charge in [0.1, 0.15) is 11.5 Å². The third kappa shape index (κ3) is 3.58. The number of benzene rings is 2. The topological polar surface area (TPSA) is 80.3 Å². The number of carbonyl (C=O) groups excluding carboxylic acids is 2. The molecule has 30 heavy (non-hydrogen) atoms. The number of aryl methyl sites for hydroxylation is 1. The molecule has 0 unspecified atom stereocenters. The van der Waals surface area contributed by atoms with Crippen LogP contribution in [0.2, 0.25) is 0 Å².